The number of nitrogens with one attached hydrogen (secondary N) is 1. The fourth-order valence-electron chi connectivity index (χ4n) is 0.465. The maximum Gasteiger partial charge on any atom is 0.333 e. The molecule has 0 fully saturated rings. The first-order valence-corrected chi connectivity index (χ1v) is 2.95. The maximum absolute atomic E-state index is 10.6. The van der Waals surface area contributed by atoms with Gasteiger partial charge in [-0.1, -0.05) is 6.08 Å². The summed E-state index contributed by atoms with van der Waals surface area (Å²) in [5, 5.41) is 0. The largest absolute Gasteiger partial charge is 0.466 e. The van der Waals surface area contributed by atoms with Crippen LogP contribution in [0.2, 0.25) is 0 Å². The average Bonchev–Trinajstić information content (AvgIpc) is 1.98. The molecule has 0 rings (SSSR count). The molecule has 0 saturated carbocycles. The Balaban J connectivity index is 3.80. The van der Waals surface area contributed by atoms with E-state index in [0.717, 1.165) is 0 Å². The molecule has 3 nitrogen and oxygen atoms in total. The summed E-state index contributed by atoms with van der Waals surface area (Å²) in [6.07, 6.45) is 3.17. The molecule has 0 heterocycles. The van der Waals surface area contributed by atoms with Crippen LogP contribution in [0.3, 0.4) is 0 Å². The lowest BCUT2D eigenvalue weighted by molar-refractivity contribution is -0.136. The van der Waals surface area contributed by atoms with Crippen LogP contribution in [0, 0.1) is 6.42 Å². The Morgan fingerprint density at radius 3 is 2.70 bits per heavy atom. The lowest BCUT2D eigenvalue weighted by Gasteiger charge is -1.96. The van der Waals surface area contributed by atoms with Crippen LogP contribution in [0.1, 0.15) is 6.92 Å². The van der Waals surface area contributed by atoms with Crippen molar-refractivity contribution in [2.24, 2.45) is 0 Å². The summed E-state index contributed by atoms with van der Waals surface area (Å²) in [5.74, 6) is -0.343. The molecule has 0 bridgehead atoms. The maximum atomic E-state index is 10.6. The fraction of sp³-hybridized carbons (Fsp3) is 0.429. The summed E-state index contributed by atoms with van der Waals surface area (Å²) in [6.45, 7) is 1.84. The summed E-state index contributed by atoms with van der Waals surface area (Å²) >= 11 is 0. The van der Waals surface area contributed by atoms with Gasteiger partial charge in [-0.2, -0.15) is 0 Å². The van der Waals surface area contributed by atoms with Crippen LogP contribution in [-0.4, -0.2) is 19.6 Å². The quantitative estimate of drug-likeness (QED) is 0.426. The third-order valence-corrected chi connectivity index (χ3v) is 0.993. The Morgan fingerprint density at radius 2 is 2.30 bits per heavy atom. The molecule has 0 atom stereocenters. The lowest BCUT2D eigenvalue weighted by Crippen LogP contribution is -2.01. The van der Waals surface area contributed by atoms with Crippen molar-refractivity contribution >= 4 is 5.97 Å². The number of rotatable bonds is 3. The van der Waals surface area contributed by atoms with Crippen LogP contribution < -0.4 is 5.73 Å². The standard InChI is InChI=1S/C7H11NO2/c1-6(4-3-5-8)7(9)10-2/h3-4,8H,5H2,1-2H3. The molecule has 0 aromatic heterocycles. The number of methoxy groups -OCH3 is 1. The zero-order chi connectivity index (χ0) is 7.98. The Morgan fingerprint density at radius 1 is 1.70 bits per heavy atom. The van der Waals surface area contributed by atoms with Gasteiger partial charge in [0.2, 0.25) is 0 Å². The molecule has 0 unspecified atom stereocenters. The molecule has 10 heavy (non-hydrogen) atoms. The molecule has 3 heteroatoms. The Kier molecular flexibility index (Phi) is 4.58. The van der Waals surface area contributed by atoms with Crippen molar-refractivity contribution in [3.8, 4) is 0 Å². The van der Waals surface area contributed by atoms with Crippen LogP contribution in [0.5, 0.6) is 0 Å². The molecule has 2 radical (unpaired) electrons. The highest BCUT2D eigenvalue weighted by Crippen LogP contribution is 1.95. The molecule has 0 aliphatic rings. The molecule has 0 aliphatic heterocycles. The first kappa shape index (κ1) is 9.17. The van der Waals surface area contributed by atoms with Crippen molar-refractivity contribution in [1.82, 2.24) is 5.73 Å². The Hall–Kier alpha value is -0.830. The molecule has 0 spiro atoms. The van der Waals surface area contributed by atoms with E-state index in [1.807, 2.05) is 0 Å². The van der Waals surface area contributed by atoms with E-state index in [2.05, 4.69) is 4.74 Å². The Bertz CT molecular complexity index is 141. The first-order valence-electron chi connectivity index (χ1n) is 2.95. The predicted octanol–water partition coefficient (Wildman–Crippen LogP) is 0.593. The normalized spacial score (nSPS) is 11.3. The van der Waals surface area contributed by atoms with Crippen molar-refractivity contribution < 1.29 is 9.53 Å². The van der Waals surface area contributed by atoms with E-state index in [9.17, 15) is 4.79 Å². The number of carbonyl (C=O) groups is 1. The van der Waals surface area contributed by atoms with Gasteiger partial charge in [-0.05, 0) is 13.3 Å². The highest BCUT2D eigenvalue weighted by molar-refractivity contribution is 5.87. The van der Waals surface area contributed by atoms with E-state index in [0.29, 0.717) is 5.57 Å². The van der Waals surface area contributed by atoms with Crippen LogP contribution >= 0.6 is 0 Å². The van der Waals surface area contributed by atoms with Gasteiger partial charge in [0.25, 0.3) is 0 Å². The number of ether oxygens (including phenoxy) is 1. The summed E-state index contributed by atoms with van der Waals surface area (Å²) in [4.78, 5) is 10.6. The van der Waals surface area contributed by atoms with E-state index in [4.69, 9.17) is 5.73 Å². The van der Waals surface area contributed by atoms with E-state index >= 15 is 0 Å². The second-order valence-electron chi connectivity index (χ2n) is 1.78. The van der Waals surface area contributed by atoms with Crippen molar-refractivity contribution in [2.75, 3.05) is 13.7 Å². The highest BCUT2D eigenvalue weighted by atomic mass is 16.5. The number of carbonyl (C=O) groups excluding carboxylic acids is 1. The predicted molar refractivity (Wildman–Crippen MR) is 38.0 cm³/mol. The van der Waals surface area contributed by atoms with Gasteiger partial charge in [-0.25, -0.2) is 4.79 Å². The molecular formula is C7H11NO2. The van der Waals surface area contributed by atoms with Crippen molar-refractivity contribution in [3.05, 3.63) is 18.1 Å². The third kappa shape index (κ3) is 3.25. The van der Waals surface area contributed by atoms with Crippen LogP contribution in [-0.2, 0) is 9.53 Å². The molecule has 0 saturated heterocycles. The molecule has 1 N–H and O–H groups in total. The summed E-state index contributed by atoms with van der Waals surface area (Å²) in [5.41, 5.74) is 7.26. The van der Waals surface area contributed by atoms with Crippen LogP contribution in [0.25, 0.3) is 0 Å². The minimum absolute atomic E-state index is 0.189. The van der Waals surface area contributed by atoms with Gasteiger partial charge in [0.15, 0.2) is 0 Å². The molecule has 0 aliphatic carbocycles. The molecule has 56 valence electrons. The van der Waals surface area contributed by atoms with Gasteiger partial charge in [0.05, 0.1) is 7.11 Å². The van der Waals surface area contributed by atoms with Gasteiger partial charge in [-0.3, -0.25) is 5.73 Å². The molecule has 0 aromatic carbocycles. The zero-order valence-electron chi connectivity index (χ0n) is 6.18. The average molecular weight is 141 g/mol. The first-order chi connectivity index (χ1) is 4.72. The van der Waals surface area contributed by atoms with Gasteiger partial charge < -0.3 is 4.74 Å². The third-order valence-electron chi connectivity index (χ3n) is 0.993. The second kappa shape index (κ2) is 4.99. The van der Waals surface area contributed by atoms with Crippen molar-refractivity contribution in [3.63, 3.8) is 0 Å². The summed E-state index contributed by atoms with van der Waals surface area (Å²) in [7, 11) is 1.33. The summed E-state index contributed by atoms with van der Waals surface area (Å²) < 4.78 is 4.42. The number of esters is 1. The highest BCUT2D eigenvalue weighted by Gasteiger charge is 2.00. The Labute approximate surface area is 60.9 Å². The van der Waals surface area contributed by atoms with E-state index in [1.165, 1.54) is 7.11 Å². The van der Waals surface area contributed by atoms with Gasteiger partial charge in [0, 0.05) is 12.1 Å². The van der Waals surface area contributed by atoms with E-state index < -0.39 is 0 Å². The van der Waals surface area contributed by atoms with Gasteiger partial charge in [0.1, 0.15) is 0 Å². The second-order valence-corrected chi connectivity index (χ2v) is 1.78. The van der Waals surface area contributed by atoms with Crippen LogP contribution in [0.15, 0.2) is 11.6 Å². The number of hydrogen-bond donors (Lipinski definition) is 0. The molecule has 0 aromatic rings. The minimum atomic E-state index is -0.343. The zero-order valence-corrected chi connectivity index (χ0v) is 6.18. The molecular weight excluding hydrogens is 130 g/mol. The van der Waals surface area contributed by atoms with E-state index in [-0.39, 0.29) is 12.5 Å². The van der Waals surface area contributed by atoms with Gasteiger partial charge >= 0.3 is 5.97 Å². The summed E-state index contributed by atoms with van der Waals surface area (Å²) in [6, 6.07) is 0. The molecule has 0 amide bonds. The minimum Gasteiger partial charge on any atom is -0.466 e. The van der Waals surface area contributed by atoms with Crippen LogP contribution in [0.4, 0.5) is 0 Å². The fourth-order valence-corrected chi connectivity index (χ4v) is 0.465. The van der Waals surface area contributed by atoms with E-state index in [1.54, 1.807) is 19.4 Å². The van der Waals surface area contributed by atoms with Crippen molar-refractivity contribution in [2.45, 2.75) is 6.92 Å². The monoisotopic (exact) mass is 141 g/mol. The number of hydrogen-bond acceptors (Lipinski definition) is 2. The van der Waals surface area contributed by atoms with Gasteiger partial charge in [-0.15, -0.1) is 0 Å². The van der Waals surface area contributed by atoms with Crippen molar-refractivity contribution in [1.29, 1.82) is 0 Å². The SMILES string of the molecule is COC(=O)C(C)=C[CH]C[NH]. The smallest absolute Gasteiger partial charge is 0.333 e. The lowest BCUT2D eigenvalue weighted by atomic mass is 10.2. The topological polar surface area (TPSA) is 50.1 Å².